The van der Waals surface area contributed by atoms with Crippen molar-refractivity contribution in [3.05, 3.63) is 16.1 Å². The third-order valence-corrected chi connectivity index (χ3v) is 5.12. The van der Waals surface area contributed by atoms with E-state index in [9.17, 15) is 4.79 Å². The summed E-state index contributed by atoms with van der Waals surface area (Å²) in [7, 11) is 0. The lowest BCUT2D eigenvalue weighted by Crippen LogP contribution is -2.43. The van der Waals surface area contributed by atoms with E-state index in [2.05, 4.69) is 31.1 Å². The number of amides is 1. The molecule has 0 aliphatic carbocycles. The first-order chi connectivity index (χ1) is 9.36. The highest BCUT2D eigenvalue weighted by atomic mass is 32.1. The average Bonchev–Trinajstić information content (AvgIpc) is 2.85. The van der Waals surface area contributed by atoms with Gasteiger partial charge in [0.25, 0.3) is 0 Å². The minimum absolute atomic E-state index is 0.135. The highest BCUT2D eigenvalue weighted by Gasteiger charge is 2.21. The smallest absolute Gasteiger partial charge is 0.219 e. The number of aromatic nitrogens is 1. The first-order valence-electron chi connectivity index (χ1n) is 7.30. The van der Waals surface area contributed by atoms with Gasteiger partial charge >= 0.3 is 0 Å². The first-order valence-corrected chi connectivity index (χ1v) is 8.12. The Balaban J connectivity index is 1.79. The molecular formula is C15H25N3OS. The Hall–Kier alpha value is -0.940. The Bertz CT molecular complexity index is 456. The molecule has 1 N–H and O–H groups in total. The maximum absolute atomic E-state index is 11.3. The minimum Gasteiger partial charge on any atom is -0.343 e. The number of piperidine rings is 1. The second-order valence-electron chi connectivity index (χ2n) is 6.54. The lowest BCUT2D eigenvalue weighted by Gasteiger charge is -2.31. The van der Waals surface area contributed by atoms with Crippen LogP contribution < -0.4 is 5.32 Å². The number of hydrogen-bond acceptors (Lipinski definition) is 4. The molecule has 2 heterocycles. The van der Waals surface area contributed by atoms with Gasteiger partial charge in [-0.15, -0.1) is 11.3 Å². The van der Waals surface area contributed by atoms with Crippen molar-refractivity contribution in [1.29, 1.82) is 0 Å². The van der Waals surface area contributed by atoms with Crippen LogP contribution >= 0.6 is 11.3 Å². The second kappa shape index (κ2) is 6.22. The van der Waals surface area contributed by atoms with Gasteiger partial charge in [0, 0.05) is 49.1 Å². The van der Waals surface area contributed by atoms with Crippen LogP contribution in [0, 0.1) is 0 Å². The third kappa shape index (κ3) is 4.03. The van der Waals surface area contributed by atoms with Crippen LogP contribution in [0.25, 0.3) is 0 Å². The van der Waals surface area contributed by atoms with E-state index in [1.165, 1.54) is 9.88 Å². The van der Waals surface area contributed by atoms with Crippen molar-refractivity contribution in [2.75, 3.05) is 13.1 Å². The Morgan fingerprint density at radius 1 is 1.45 bits per heavy atom. The fourth-order valence-corrected chi connectivity index (χ4v) is 3.30. The van der Waals surface area contributed by atoms with Crippen molar-refractivity contribution in [2.24, 2.45) is 0 Å². The number of likely N-dealkylation sites (tertiary alicyclic amines) is 1. The molecular weight excluding hydrogens is 270 g/mol. The van der Waals surface area contributed by atoms with Gasteiger partial charge in [0.05, 0.1) is 5.01 Å². The Morgan fingerprint density at radius 3 is 2.60 bits per heavy atom. The first kappa shape index (κ1) is 15.4. The maximum atomic E-state index is 11.3. The van der Waals surface area contributed by atoms with E-state index in [-0.39, 0.29) is 11.3 Å². The fourth-order valence-electron chi connectivity index (χ4n) is 2.38. The van der Waals surface area contributed by atoms with Crippen LogP contribution in [0.15, 0.2) is 6.20 Å². The van der Waals surface area contributed by atoms with Crippen molar-refractivity contribution in [1.82, 2.24) is 15.2 Å². The molecule has 20 heavy (non-hydrogen) atoms. The number of thiazole rings is 1. The SMILES string of the molecule is CC(=O)N1CCC(NCc2cnc(C(C)(C)C)s2)CC1. The van der Waals surface area contributed by atoms with E-state index in [0.29, 0.717) is 6.04 Å². The monoisotopic (exact) mass is 295 g/mol. The zero-order valence-electron chi connectivity index (χ0n) is 12.9. The zero-order chi connectivity index (χ0) is 14.8. The van der Waals surface area contributed by atoms with Gasteiger partial charge in [-0.1, -0.05) is 20.8 Å². The number of carbonyl (C=O) groups is 1. The predicted octanol–water partition coefficient (Wildman–Crippen LogP) is 2.54. The lowest BCUT2D eigenvalue weighted by molar-refractivity contribution is -0.129. The summed E-state index contributed by atoms with van der Waals surface area (Å²) >= 11 is 1.80. The number of nitrogens with zero attached hydrogens (tertiary/aromatic N) is 2. The summed E-state index contributed by atoms with van der Waals surface area (Å²) in [6, 6.07) is 0.519. The van der Waals surface area contributed by atoms with Gasteiger partial charge in [0.1, 0.15) is 0 Å². The van der Waals surface area contributed by atoms with Crippen molar-refractivity contribution < 1.29 is 4.79 Å². The largest absolute Gasteiger partial charge is 0.343 e. The molecule has 0 spiro atoms. The molecule has 1 saturated heterocycles. The quantitative estimate of drug-likeness (QED) is 0.932. The molecule has 0 radical (unpaired) electrons. The number of hydrogen-bond donors (Lipinski definition) is 1. The van der Waals surface area contributed by atoms with Gasteiger partial charge in [-0.25, -0.2) is 4.98 Å². The summed E-state index contributed by atoms with van der Waals surface area (Å²) in [6.45, 7) is 10.9. The lowest BCUT2D eigenvalue weighted by atomic mass is 9.98. The molecule has 1 aliphatic heterocycles. The molecule has 2 rings (SSSR count). The molecule has 1 amide bonds. The van der Waals surface area contributed by atoms with E-state index in [1.807, 2.05) is 11.1 Å². The van der Waals surface area contributed by atoms with E-state index in [4.69, 9.17) is 0 Å². The predicted molar refractivity (Wildman–Crippen MR) is 82.9 cm³/mol. The highest BCUT2D eigenvalue weighted by Crippen LogP contribution is 2.26. The maximum Gasteiger partial charge on any atom is 0.219 e. The minimum atomic E-state index is 0.135. The molecule has 1 fully saturated rings. The van der Waals surface area contributed by atoms with Gasteiger partial charge in [-0.2, -0.15) is 0 Å². The van der Waals surface area contributed by atoms with Crippen LogP contribution in [0.5, 0.6) is 0 Å². The van der Waals surface area contributed by atoms with Gasteiger partial charge in [0.15, 0.2) is 0 Å². The molecule has 4 nitrogen and oxygen atoms in total. The molecule has 0 bridgehead atoms. The summed E-state index contributed by atoms with van der Waals surface area (Å²) in [5.41, 5.74) is 0.135. The Labute approximate surface area is 125 Å². The fraction of sp³-hybridized carbons (Fsp3) is 0.733. The van der Waals surface area contributed by atoms with Crippen LogP contribution in [0.2, 0.25) is 0 Å². The Kier molecular flexibility index (Phi) is 4.81. The van der Waals surface area contributed by atoms with Crippen molar-refractivity contribution in [2.45, 2.75) is 58.5 Å². The van der Waals surface area contributed by atoms with Crippen LogP contribution in [0.4, 0.5) is 0 Å². The van der Waals surface area contributed by atoms with E-state index in [1.54, 1.807) is 18.3 Å². The van der Waals surface area contributed by atoms with Crippen molar-refractivity contribution >= 4 is 17.2 Å². The molecule has 0 unspecified atom stereocenters. The number of rotatable bonds is 3. The zero-order valence-corrected chi connectivity index (χ0v) is 13.7. The van der Waals surface area contributed by atoms with Crippen LogP contribution in [-0.4, -0.2) is 34.9 Å². The van der Waals surface area contributed by atoms with Crippen LogP contribution in [0.3, 0.4) is 0 Å². The molecule has 1 aromatic rings. The molecule has 1 aliphatic rings. The molecule has 5 heteroatoms. The van der Waals surface area contributed by atoms with E-state index in [0.717, 1.165) is 32.5 Å². The highest BCUT2D eigenvalue weighted by molar-refractivity contribution is 7.11. The number of nitrogens with one attached hydrogen (secondary N) is 1. The van der Waals surface area contributed by atoms with Crippen molar-refractivity contribution in [3.63, 3.8) is 0 Å². The normalized spacial score (nSPS) is 17.5. The van der Waals surface area contributed by atoms with Gasteiger partial charge in [-0.05, 0) is 12.8 Å². The molecule has 0 saturated carbocycles. The average molecular weight is 295 g/mol. The second-order valence-corrected chi connectivity index (χ2v) is 7.66. The third-order valence-electron chi connectivity index (χ3n) is 3.70. The van der Waals surface area contributed by atoms with Gasteiger partial charge in [-0.3, -0.25) is 4.79 Å². The summed E-state index contributed by atoms with van der Waals surface area (Å²) in [5, 5.41) is 4.79. The molecule has 1 aromatic heterocycles. The topological polar surface area (TPSA) is 45.2 Å². The van der Waals surface area contributed by atoms with Crippen LogP contribution in [-0.2, 0) is 16.8 Å². The van der Waals surface area contributed by atoms with Crippen LogP contribution in [0.1, 0.15) is 50.4 Å². The summed E-state index contributed by atoms with van der Waals surface area (Å²) in [4.78, 5) is 19.0. The van der Waals surface area contributed by atoms with E-state index >= 15 is 0 Å². The van der Waals surface area contributed by atoms with Crippen molar-refractivity contribution in [3.8, 4) is 0 Å². The Morgan fingerprint density at radius 2 is 2.10 bits per heavy atom. The molecule has 112 valence electrons. The van der Waals surface area contributed by atoms with E-state index < -0.39 is 0 Å². The summed E-state index contributed by atoms with van der Waals surface area (Å²) < 4.78 is 0. The van der Waals surface area contributed by atoms with Gasteiger partial charge < -0.3 is 10.2 Å². The summed E-state index contributed by atoms with van der Waals surface area (Å²) in [5.74, 6) is 0.195. The summed E-state index contributed by atoms with van der Waals surface area (Å²) in [6.07, 6.45) is 4.08. The molecule has 0 atom stereocenters. The molecule has 0 aromatic carbocycles. The number of carbonyl (C=O) groups excluding carboxylic acids is 1. The standard InChI is InChI=1S/C15H25N3OS/c1-11(19)18-7-5-12(6-8-18)16-9-13-10-17-14(20-13)15(2,3)4/h10,12,16H,5-9H2,1-4H3. The van der Waals surface area contributed by atoms with Gasteiger partial charge in [0.2, 0.25) is 5.91 Å².